The Morgan fingerprint density at radius 3 is 1.54 bits per heavy atom. The lowest BCUT2D eigenvalue weighted by Gasteiger charge is -2.02. The van der Waals surface area contributed by atoms with Crippen LogP contribution in [-0.4, -0.2) is 0 Å². The lowest BCUT2D eigenvalue weighted by atomic mass is 10.0. The largest absolute Gasteiger partial charge is 0.405 e. The minimum atomic E-state index is 0.579. The van der Waals surface area contributed by atoms with E-state index in [9.17, 15) is 0 Å². The third kappa shape index (κ3) is 14.2. The number of rotatable bonds is 2. The molecule has 0 bridgehead atoms. The van der Waals surface area contributed by atoms with Crippen LogP contribution in [0.4, 0.5) is 0 Å². The van der Waals surface area contributed by atoms with E-state index < -0.39 is 0 Å². The van der Waals surface area contributed by atoms with Gasteiger partial charge >= 0.3 is 0 Å². The van der Waals surface area contributed by atoms with Crippen molar-refractivity contribution in [3.63, 3.8) is 0 Å². The first-order chi connectivity index (χ1) is 6.22. The van der Waals surface area contributed by atoms with Crippen molar-refractivity contribution in [2.75, 3.05) is 0 Å². The first-order valence-corrected chi connectivity index (χ1v) is 5.26. The van der Waals surface area contributed by atoms with Gasteiger partial charge in [-0.2, -0.15) is 0 Å². The van der Waals surface area contributed by atoms with Crippen LogP contribution in [0.2, 0.25) is 0 Å². The van der Waals surface area contributed by atoms with Gasteiger partial charge in [-0.05, 0) is 30.7 Å². The molecule has 0 radical (unpaired) electrons. The summed E-state index contributed by atoms with van der Waals surface area (Å²) < 4.78 is 0. The Morgan fingerprint density at radius 2 is 1.46 bits per heavy atom. The van der Waals surface area contributed by atoms with Gasteiger partial charge in [-0.3, -0.25) is 0 Å². The predicted octanol–water partition coefficient (Wildman–Crippen LogP) is 4.11. The van der Waals surface area contributed by atoms with E-state index in [0.29, 0.717) is 5.92 Å². The lowest BCUT2D eigenvalue weighted by molar-refractivity contribution is 0.789. The van der Waals surface area contributed by atoms with E-state index in [1.165, 1.54) is 5.57 Å². The van der Waals surface area contributed by atoms with E-state index >= 15 is 0 Å². The molecule has 0 atom stereocenters. The molecule has 0 amide bonds. The molecule has 0 aromatic rings. The van der Waals surface area contributed by atoms with E-state index in [2.05, 4.69) is 19.9 Å². The second-order valence-corrected chi connectivity index (χ2v) is 2.30. The molecule has 0 heterocycles. The molecule has 1 nitrogen and oxygen atoms in total. The van der Waals surface area contributed by atoms with Gasteiger partial charge in [0.25, 0.3) is 0 Å². The zero-order valence-electron chi connectivity index (χ0n) is 10.4. The number of hydrogen-bond acceptors (Lipinski definition) is 1. The molecule has 0 rings (SSSR count). The fourth-order valence-corrected chi connectivity index (χ4v) is 0.733. The normalized spacial score (nSPS) is 10.3. The molecule has 0 spiro atoms. The Balaban J connectivity index is -0.000000218. The van der Waals surface area contributed by atoms with Crippen LogP contribution >= 0.6 is 0 Å². The van der Waals surface area contributed by atoms with E-state index in [0.717, 1.165) is 0 Å². The summed E-state index contributed by atoms with van der Waals surface area (Å²) in [5, 5.41) is 0. The van der Waals surface area contributed by atoms with E-state index in [1.807, 2.05) is 40.7 Å². The Bertz CT molecular complexity index is 121. The summed E-state index contributed by atoms with van der Waals surface area (Å²) in [5.74, 6) is 0.579. The Labute approximate surface area is 84.7 Å². The van der Waals surface area contributed by atoms with Crippen molar-refractivity contribution < 1.29 is 0 Å². The highest BCUT2D eigenvalue weighted by molar-refractivity contribution is 5.18. The molecule has 0 aliphatic rings. The average molecular weight is 185 g/mol. The molecule has 2 N–H and O–H groups in total. The molecule has 13 heavy (non-hydrogen) atoms. The summed E-state index contributed by atoms with van der Waals surface area (Å²) in [6.45, 7) is 14.3. The molecule has 0 unspecified atom stereocenters. The Morgan fingerprint density at radius 1 is 1.08 bits per heavy atom. The standard InChI is InChI=1S/C8H15N.2C2H6/c1-4-8(5-6-9)7(2)3;2*1-2/h4-7H,9H2,1-3H3;2*1-2H3/b6-5-,8-4+;;. The summed E-state index contributed by atoms with van der Waals surface area (Å²) >= 11 is 0. The second kappa shape index (κ2) is 17.4. The van der Waals surface area contributed by atoms with Gasteiger partial charge < -0.3 is 5.73 Å². The molecular weight excluding hydrogens is 158 g/mol. The van der Waals surface area contributed by atoms with Crippen LogP contribution in [0, 0.1) is 5.92 Å². The Hall–Kier alpha value is -0.720. The third-order valence-corrected chi connectivity index (χ3v) is 1.29. The van der Waals surface area contributed by atoms with Gasteiger partial charge in [-0.15, -0.1) is 0 Å². The van der Waals surface area contributed by atoms with Crippen molar-refractivity contribution in [2.24, 2.45) is 11.7 Å². The summed E-state index contributed by atoms with van der Waals surface area (Å²) in [4.78, 5) is 0. The summed E-state index contributed by atoms with van der Waals surface area (Å²) in [7, 11) is 0. The van der Waals surface area contributed by atoms with Crippen LogP contribution < -0.4 is 5.73 Å². The fraction of sp³-hybridized carbons (Fsp3) is 0.667. The fourth-order valence-electron chi connectivity index (χ4n) is 0.733. The second-order valence-electron chi connectivity index (χ2n) is 2.30. The van der Waals surface area contributed by atoms with Crippen molar-refractivity contribution in [3.8, 4) is 0 Å². The van der Waals surface area contributed by atoms with E-state index in [-0.39, 0.29) is 0 Å². The van der Waals surface area contributed by atoms with Crippen LogP contribution in [0.1, 0.15) is 48.5 Å². The highest BCUT2D eigenvalue weighted by Crippen LogP contribution is 2.09. The van der Waals surface area contributed by atoms with Gasteiger partial charge in [0.15, 0.2) is 0 Å². The quantitative estimate of drug-likeness (QED) is 0.644. The number of allylic oxidation sites excluding steroid dienone is 3. The molecular formula is C12H27N. The average Bonchev–Trinajstić information content (AvgIpc) is 2.20. The highest BCUT2D eigenvalue weighted by atomic mass is 14.5. The SMILES string of the molecule is C/C=C(\C=C/N)C(C)C.CC.CC. The van der Waals surface area contributed by atoms with Crippen molar-refractivity contribution >= 4 is 0 Å². The molecule has 80 valence electrons. The molecule has 1 heteroatoms. The van der Waals surface area contributed by atoms with Crippen molar-refractivity contribution in [1.29, 1.82) is 0 Å². The van der Waals surface area contributed by atoms with Crippen LogP contribution in [0.25, 0.3) is 0 Å². The van der Waals surface area contributed by atoms with Gasteiger partial charge in [0, 0.05) is 0 Å². The number of nitrogens with two attached hydrogens (primary N) is 1. The third-order valence-electron chi connectivity index (χ3n) is 1.29. The summed E-state index contributed by atoms with van der Waals surface area (Å²) in [6, 6.07) is 0. The minimum Gasteiger partial charge on any atom is -0.405 e. The van der Waals surface area contributed by atoms with Crippen molar-refractivity contribution in [2.45, 2.75) is 48.5 Å². The van der Waals surface area contributed by atoms with E-state index in [4.69, 9.17) is 5.73 Å². The van der Waals surface area contributed by atoms with Gasteiger partial charge in [-0.25, -0.2) is 0 Å². The number of hydrogen-bond donors (Lipinski definition) is 1. The zero-order chi connectivity index (χ0) is 11.3. The molecule has 0 aromatic carbocycles. The molecule has 0 saturated carbocycles. The summed E-state index contributed by atoms with van der Waals surface area (Å²) in [6.07, 6.45) is 5.59. The summed E-state index contributed by atoms with van der Waals surface area (Å²) in [5.41, 5.74) is 6.51. The van der Waals surface area contributed by atoms with Gasteiger partial charge in [0.05, 0.1) is 0 Å². The molecule has 0 aromatic heterocycles. The molecule has 0 aliphatic heterocycles. The van der Waals surface area contributed by atoms with Gasteiger partial charge in [-0.1, -0.05) is 47.6 Å². The maximum absolute atomic E-state index is 5.22. The monoisotopic (exact) mass is 185 g/mol. The maximum atomic E-state index is 5.22. The van der Waals surface area contributed by atoms with Crippen molar-refractivity contribution in [1.82, 2.24) is 0 Å². The molecule has 0 saturated heterocycles. The van der Waals surface area contributed by atoms with E-state index in [1.54, 1.807) is 6.20 Å². The zero-order valence-corrected chi connectivity index (χ0v) is 10.4. The molecule has 0 fully saturated rings. The van der Waals surface area contributed by atoms with Crippen molar-refractivity contribution in [3.05, 3.63) is 23.9 Å². The first kappa shape index (κ1) is 18.1. The van der Waals surface area contributed by atoms with Crippen LogP contribution in [-0.2, 0) is 0 Å². The van der Waals surface area contributed by atoms with Crippen LogP contribution in [0.3, 0.4) is 0 Å². The predicted molar refractivity (Wildman–Crippen MR) is 64.6 cm³/mol. The van der Waals surface area contributed by atoms with Crippen LogP contribution in [0.15, 0.2) is 23.9 Å². The first-order valence-electron chi connectivity index (χ1n) is 5.26. The van der Waals surface area contributed by atoms with Gasteiger partial charge in [0.2, 0.25) is 0 Å². The highest BCUT2D eigenvalue weighted by Gasteiger charge is 1.94. The smallest absolute Gasteiger partial charge is 0.00596 e. The van der Waals surface area contributed by atoms with Crippen LogP contribution in [0.5, 0.6) is 0 Å². The van der Waals surface area contributed by atoms with Gasteiger partial charge in [0.1, 0.15) is 0 Å². The lowest BCUT2D eigenvalue weighted by Crippen LogP contribution is -1.90. The Kier molecular flexibility index (Phi) is 24.3. The topological polar surface area (TPSA) is 26.0 Å². The maximum Gasteiger partial charge on any atom is -0.00596 e. The molecule has 0 aliphatic carbocycles. The minimum absolute atomic E-state index is 0.579.